The first-order valence-electron chi connectivity index (χ1n) is 10.4. The number of benzene rings is 2. The van der Waals surface area contributed by atoms with E-state index < -0.39 is 0 Å². The van der Waals surface area contributed by atoms with Crippen LogP contribution in [0.1, 0.15) is 16.5 Å². The summed E-state index contributed by atoms with van der Waals surface area (Å²) in [5, 5.41) is 0. The van der Waals surface area contributed by atoms with E-state index in [2.05, 4.69) is 25.6 Å². The van der Waals surface area contributed by atoms with Crippen LogP contribution < -0.4 is 0 Å². The average molecular weight is 415 g/mol. The Kier molecular flexibility index (Phi) is 4.40. The predicted octanol–water partition coefficient (Wildman–Crippen LogP) is 2.46. The van der Waals surface area contributed by atoms with Gasteiger partial charge in [0.25, 0.3) is 5.91 Å². The van der Waals surface area contributed by atoms with Crippen molar-refractivity contribution >= 4 is 28.0 Å². The van der Waals surface area contributed by atoms with Crippen molar-refractivity contribution in [3.63, 3.8) is 0 Å². The second-order valence-electron chi connectivity index (χ2n) is 7.99. The number of fused-ring (bicyclic) bond motifs is 3. The Balaban J connectivity index is 1.16. The maximum Gasteiger partial charge on any atom is 0.274 e. The highest BCUT2D eigenvalue weighted by Gasteiger charge is 2.40. The molecule has 0 bridgehead atoms. The van der Waals surface area contributed by atoms with Crippen LogP contribution in [-0.2, 0) is 9.47 Å². The predicted molar refractivity (Wildman–Crippen MR) is 114 cm³/mol. The van der Waals surface area contributed by atoms with Crippen molar-refractivity contribution in [3.05, 3.63) is 66.7 Å². The smallest absolute Gasteiger partial charge is 0.274 e. The summed E-state index contributed by atoms with van der Waals surface area (Å²) in [6.45, 7) is 1.99. The summed E-state index contributed by atoms with van der Waals surface area (Å²) in [6, 6.07) is 15.6. The third kappa shape index (κ3) is 3.24. The molecule has 4 heterocycles. The Bertz CT molecular complexity index is 1260. The van der Waals surface area contributed by atoms with Crippen molar-refractivity contribution in [1.82, 2.24) is 24.4 Å². The van der Waals surface area contributed by atoms with Gasteiger partial charge in [-0.2, -0.15) is 0 Å². The Morgan fingerprint density at radius 3 is 2.32 bits per heavy atom. The fourth-order valence-electron chi connectivity index (χ4n) is 4.40. The van der Waals surface area contributed by atoms with Crippen molar-refractivity contribution in [2.75, 3.05) is 26.3 Å². The van der Waals surface area contributed by atoms with Crippen molar-refractivity contribution in [1.29, 1.82) is 0 Å². The number of nitrogens with zero attached hydrogens (tertiary/aromatic N) is 5. The highest BCUT2D eigenvalue weighted by Crippen LogP contribution is 2.27. The molecule has 8 nitrogen and oxygen atoms in total. The third-order valence-electron chi connectivity index (χ3n) is 6.05. The van der Waals surface area contributed by atoms with E-state index in [0.29, 0.717) is 37.5 Å². The average Bonchev–Trinajstić information content (AvgIpc) is 3.38. The molecule has 2 aliphatic rings. The molecule has 2 aromatic heterocycles. The number of hydrogen-bond acceptors (Lipinski definition) is 6. The summed E-state index contributed by atoms with van der Waals surface area (Å²) in [4.78, 5) is 28.1. The molecule has 2 atom stereocenters. The second kappa shape index (κ2) is 7.40. The van der Waals surface area contributed by atoms with Crippen LogP contribution in [-0.4, -0.2) is 68.8 Å². The lowest BCUT2D eigenvalue weighted by molar-refractivity contribution is -0.00461. The lowest BCUT2D eigenvalue weighted by atomic mass is 10.2. The Morgan fingerprint density at radius 2 is 1.55 bits per heavy atom. The molecule has 8 heteroatoms. The molecule has 0 unspecified atom stereocenters. The van der Waals surface area contributed by atoms with Crippen molar-refractivity contribution in [3.8, 4) is 0 Å². The SMILES string of the molecule is O=C(c1cnc2ccccc2n1)N1C[C@@H]2OCC(n3cnc4ccccc43)CO[C@H]2C1. The summed E-state index contributed by atoms with van der Waals surface area (Å²) >= 11 is 0. The van der Waals surface area contributed by atoms with Gasteiger partial charge in [-0.3, -0.25) is 9.78 Å². The molecule has 2 fully saturated rings. The van der Waals surface area contributed by atoms with Gasteiger partial charge in [0.2, 0.25) is 0 Å². The molecule has 2 saturated heterocycles. The molecular weight excluding hydrogens is 394 g/mol. The summed E-state index contributed by atoms with van der Waals surface area (Å²) in [6.07, 6.45) is 3.08. The highest BCUT2D eigenvalue weighted by atomic mass is 16.6. The van der Waals surface area contributed by atoms with Gasteiger partial charge in [-0.15, -0.1) is 0 Å². The fraction of sp³-hybridized carbons (Fsp3) is 0.304. The van der Waals surface area contributed by atoms with E-state index >= 15 is 0 Å². The first kappa shape index (κ1) is 18.4. The van der Waals surface area contributed by atoms with Crippen LogP contribution in [0, 0.1) is 0 Å². The van der Waals surface area contributed by atoms with Gasteiger partial charge in [0.15, 0.2) is 0 Å². The molecule has 156 valence electrons. The third-order valence-corrected chi connectivity index (χ3v) is 6.05. The van der Waals surface area contributed by atoms with Gasteiger partial charge in [0.1, 0.15) is 17.9 Å². The number of amides is 1. The first-order chi connectivity index (χ1) is 15.3. The summed E-state index contributed by atoms with van der Waals surface area (Å²) in [7, 11) is 0. The maximum absolute atomic E-state index is 13.0. The van der Waals surface area contributed by atoms with E-state index in [1.807, 2.05) is 48.8 Å². The standard InChI is InChI=1S/C23H21N5O3/c29-23(19-9-24-16-5-1-2-6-17(16)26-19)27-10-21-22(11-27)31-13-15(12-30-21)28-14-25-18-7-3-4-8-20(18)28/h1-9,14-15,21-22H,10-13H2/t21-,22-/m0/s1. The Hall–Kier alpha value is -3.36. The number of aromatic nitrogens is 4. The lowest BCUT2D eigenvalue weighted by Gasteiger charge is -2.19. The summed E-state index contributed by atoms with van der Waals surface area (Å²) in [5.41, 5.74) is 3.86. The lowest BCUT2D eigenvalue weighted by Crippen LogP contribution is -2.32. The molecule has 6 rings (SSSR count). The first-order valence-corrected chi connectivity index (χ1v) is 10.4. The minimum Gasteiger partial charge on any atom is -0.371 e. The van der Waals surface area contributed by atoms with Crippen LogP contribution >= 0.6 is 0 Å². The van der Waals surface area contributed by atoms with Crippen molar-refractivity contribution in [2.45, 2.75) is 18.2 Å². The number of carbonyl (C=O) groups excluding carboxylic acids is 1. The van der Waals surface area contributed by atoms with Gasteiger partial charge >= 0.3 is 0 Å². The molecule has 0 saturated carbocycles. The normalized spacial score (nSPS) is 22.0. The van der Waals surface area contributed by atoms with E-state index in [1.165, 1.54) is 0 Å². The van der Waals surface area contributed by atoms with Crippen LogP contribution in [0.2, 0.25) is 0 Å². The molecule has 4 aromatic rings. The molecule has 0 aliphatic carbocycles. The van der Waals surface area contributed by atoms with Gasteiger partial charge in [-0.05, 0) is 24.3 Å². The summed E-state index contributed by atoms with van der Waals surface area (Å²) in [5.74, 6) is -0.143. The zero-order valence-corrected chi connectivity index (χ0v) is 16.8. The van der Waals surface area contributed by atoms with Gasteiger partial charge in [0.05, 0.1) is 53.8 Å². The molecule has 0 radical (unpaired) electrons. The molecular formula is C23H21N5O3. The minimum atomic E-state index is -0.155. The highest BCUT2D eigenvalue weighted by molar-refractivity contribution is 5.94. The number of likely N-dealkylation sites (tertiary alicyclic amines) is 1. The number of hydrogen-bond donors (Lipinski definition) is 0. The molecule has 2 aliphatic heterocycles. The van der Waals surface area contributed by atoms with Crippen molar-refractivity contribution in [2.24, 2.45) is 0 Å². The molecule has 1 amide bonds. The number of carbonyl (C=O) groups is 1. The van der Waals surface area contributed by atoms with Crippen LogP contribution in [0.15, 0.2) is 61.1 Å². The van der Waals surface area contributed by atoms with Crippen molar-refractivity contribution < 1.29 is 14.3 Å². The number of imidazole rings is 1. The van der Waals surface area contributed by atoms with Gasteiger partial charge in [-0.1, -0.05) is 24.3 Å². The number of para-hydroxylation sites is 4. The van der Waals surface area contributed by atoms with E-state index in [-0.39, 0.29) is 24.2 Å². The van der Waals surface area contributed by atoms with Crippen LogP contribution in [0.3, 0.4) is 0 Å². The molecule has 2 aromatic carbocycles. The topological polar surface area (TPSA) is 82.4 Å². The van der Waals surface area contributed by atoms with Crippen LogP contribution in [0.5, 0.6) is 0 Å². The van der Waals surface area contributed by atoms with Crippen LogP contribution in [0.4, 0.5) is 0 Å². The zero-order valence-electron chi connectivity index (χ0n) is 16.8. The molecule has 31 heavy (non-hydrogen) atoms. The number of ether oxygens (including phenoxy) is 2. The monoisotopic (exact) mass is 415 g/mol. The Morgan fingerprint density at radius 1 is 0.871 bits per heavy atom. The molecule has 0 N–H and O–H groups in total. The second-order valence-corrected chi connectivity index (χ2v) is 7.99. The number of rotatable bonds is 2. The van der Waals surface area contributed by atoms with Gasteiger partial charge in [-0.25, -0.2) is 9.97 Å². The zero-order chi connectivity index (χ0) is 20.8. The largest absolute Gasteiger partial charge is 0.371 e. The fourth-order valence-corrected chi connectivity index (χ4v) is 4.40. The molecule has 0 spiro atoms. The van der Waals surface area contributed by atoms with E-state index in [1.54, 1.807) is 11.1 Å². The maximum atomic E-state index is 13.0. The summed E-state index contributed by atoms with van der Waals surface area (Å²) < 4.78 is 14.5. The van der Waals surface area contributed by atoms with E-state index in [4.69, 9.17) is 9.47 Å². The van der Waals surface area contributed by atoms with E-state index in [0.717, 1.165) is 16.6 Å². The van der Waals surface area contributed by atoms with Crippen LogP contribution in [0.25, 0.3) is 22.1 Å². The van der Waals surface area contributed by atoms with Gasteiger partial charge in [0, 0.05) is 13.1 Å². The quantitative estimate of drug-likeness (QED) is 0.500. The Labute approximate surface area is 178 Å². The van der Waals surface area contributed by atoms with E-state index in [9.17, 15) is 4.79 Å². The van der Waals surface area contributed by atoms with Gasteiger partial charge < -0.3 is 18.9 Å². The minimum absolute atomic E-state index is 0.0495.